The van der Waals surface area contributed by atoms with Crippen LogP contribution in [0.1, 0.15) is 46.6 Å². The quantitative estimate of drug-likeness (QED) is 0.541. The summed E-state index contributed by atoms with van der Waals surface area (Å²) in [6.45, 7) is 10.8. The van der Waals surface area contributed by atoms with Crippen molar-refractivity contribution in [2.45, 2.75) is 52.8 Å². The molecule has 0 aliphatic carbocycles. The molecule has 6 heteroatoms. The Kier molecular flexibility index (Phi) is 4.94. The van der Waals surface area contributed by atoms with E-state index in [1.54, 1.807) is 0 Å². The first-order valence-corrected chi connectivity index (χ1v) is 9.29. The predicted molar refractivity (Wildman–Crippen MR) is 107 cm³/mol. The van der Waals surface area contributed by atoms with E-state index in [1.165, 1.54) is 12.1 Å². The molecule has 0 bridgehead atoms. The van der Waals surface area contributed by atoms with E-state index in [9.17, 15) is 13.2 Å². The molecule has 3 nitrogen and oxygen atoms in total. The van der Waals surface area contributed by atoms with E-state index in [1.807, 2.05) is 28.8 Å². The molecule has 3 rings (SSSR count). The fraction of sp³-hybridized carbons (Fsp3) is 0.409. The van der Waals surface area contributed by atoms with Crippen molar-refractivity contribution in [3.8, 4) is 11.3 Å². The second-order valence-corrected chi connectivity index (χ2v) is 9.06. The highest BCUT2D eigenvalue weighted by Gasteiger charge is 2.31. The second kappa shape index (κ2) is 6.83. The Balaban J connectivity index is 2.07. The summed E-state index contributed by atoms with van der Waals surface area (Å²) in [7, 11) is 0. The molecule has 28 heavy (non-hydrogen) atoms. The number of nitrogens with one attached hydrogen (secondary N) is 1. The Morgan fingerprint density at radius 3 is 2.14 bits per heavy atom. The van der Waals surface area contributed by atoms with Gasteiger partial charge in [-0.05, 0) is 49.9 Å². The lowest BCUT2D eigenvalue weighted by Crippen LogP contribution is -2.36. The van der Waals surface area contributed by atoms with Crippen molar-refractivity contribution in [1.82, 2.24) is 9.38 Å². The van der Waals surface area contributed by atoms with E-state index in [4.69, 9.17) is 0 Å². The van der Waals surface area contributed by atoms with E-state index < -0.39 is 11.7 Å². The van der Waals surface area contributed by atoms with Crippen LogP contribution in [0.15, 0.2) is 48.7 Å². The van der Waals surface area contributed by atoms with Gasteiger partial charge >= 0.3 is 6.18 Å². The summed E-state index contributed by atoms with van der Waals surface area (Å²) in [5, 5.41) is 3.59. The molecule has 1 N–H and O–H groups in total. The third-order valence-electron chi connectivity index (χ3n) is 4.44. The van der Waals surface area contributed by atoms with Gasteiger partial charge in [-0.15, -0.1) is 0 Å². The fourth-order valence-electron chi connectivity index (χ4n) is 3.82. The zero-order chi connectivity index (χ0) is 20.7. The van der Waals surface area contributed by atoms with Crippen molar-refractivity contribution >= 4 is 11.5 Å². The minimum absolute atomic E-state index is 0.117. The molecule has 0 saturated heterocycles. The Morgan fingerprint density at radius 2 is 1.57 bits per heavy atom. The highest BCUT2D eigenvalue weighted by Crippen LogP contribution is 2.36. The van der Waals surface area contributed by atoms with Crippen LogP contribution < -0.4 is 5.32 Å². The monoisotopic (exact) mass is 389 g/mol. The molecule has 150 valence electrons. The molecular formula is C22H26F3N3. The van der Waals surface area contributed by atoms with Crippen LogP contribution in [0.2, 0.25) is 0 Å². The molecular weight excluding hydrogens is 363 g/mol. The lowest BCUT2D eigenvalue weighted by atomic mass is 9.82. The van der Waals surface area contributed by atoms with Gasteiger partial charge in [0.05, 0.1) is 5.56 Å². The molecule has 2 aromatic heterocycles. The average Bonchev–Trinajstić information content (AvgIpc) is 2.90. The number of anilines is 1. The number of rotatable bonds is 4. The van der Waals surface area contributed by atoms with Crippen molar-refractivity contribution in [2.75, 3.05) is 5.32 Å². The van der Waals surface area contributed by atoms with Gasteiger partial charge in [-0.2, -0.15) is 13.2 Å². The standard InChI is InChI=1S/C22H26F3N3/c1-20(2,3)14-21(4,5)27-19-18(26-17-8-6-7-13-28(17)19)15-9-11-16(12-10-15)22(23,24)25/h6-13,27H,14H2,1-5H3. The number of halogens is 3. The number of alkyl halides is 3. The molecule has 0 amide bonds. The Morgan fingerprint density at radius 1 is 0.929 bits per heavy atom. The van der Waals surface area contributed by atoms with Gasteiger partial charge < -0.3 is 5.32 Å². The molecule has 0 saturated carbocycles. The van der Waals surface area contributed by atoms with E-state index >= 15 is 0 Å². The van der Waals surface area contributed by atoms with Crippen LogP contribution in [0.5, 0.6) is 0 Å². The van der Waals surface area contributed by atoms with Crippen molar-refractivity contribution in [3.63, 3.8) is 0 Å². The van der Waals surface area contributed by atoms with Crippen LogP contribution in [0, 0.1) is 5.41 Å². The van der Waals surface area contributed by atoms with E-state index in [2.05, 4.69) is 44.9 Å². The number of nitrogens with zero attached hydrogens (tertiary/aromatic N) is 2. The number of hydrogen-bond donors (Lipinski definition) is 1. The Hall–Kier alpha value is -2.50. The normalized spacial score (nSPS) is 13.1. The van der Waals surface area contributed by atoms with E-state index in [-0.39, 0.29) is 11.0 Å². The van der Waals surface area contributed by atoms with Crippen LogP contribution in [0.25, 0.3) is 16.9 Å². The summed E-state index contributed by atoms with van der Waals surface area (Å²) < 4.78 is 40.7. The number of imidazole rings is 1. The zero-order valence-electron chi connectivity index (χ0n) is 16.9. The maximum absolute atomic E-state index is 12.9. The number of benzene rings is 1. The SMILES string of the molecule is CC(C)(C)CC(C)(C)Nc1c(-c2ccc(C(F)(F)F)cc2)nc2ccccn12. The smallest absolute Gasteiger partial charge is 0.364 e. The summed E-state index contributed by atoms with van der Waals surface area (Å²) in [6, 6.07) is 10.8. The first-order valence-electron chi connectivity index (χ1n) is 9.29. The summed E-state index contributed by atoms with van der Waals surface area (Å²) in [5.41, 5.74) is 1.25. The highest BCUT2D eigenvalue weighted by molar-refractivity contribution is 5.77. The average molecular weight is 389 g/mol. The number of hydrogen-bond acceptors (Lipinski definition) is 2. The van der Waals surface area contributed by atoms with Crippen molar-refractivity contribution in [1.29, 1.82) is 0 Å². The van der Waals surface area contributed by atoms with E-state index in [0.29, 0.717) is 11.3 Å². The molecule has 0 aliphatic heterocycles. The van der Waals surface area contributed by atoms with Crippen LogP contribution in [0.4, 0.5) is 19.0 Å². The predicted octanol–water partition coefficient (Wildman–Crippen LogP) is 6.65. The lowest BCUT2D eigenvalue weighted by molar-refractivity contribution is -0.137. The lowest BCUT2D eigenvalue weighted by Gasteiger charge is -2.34. The Labute approximate surface area is 163 Å². The first-order chi connectivity index (χ1) is 12.9. The molecule has 0 atom stereocenters. The van der Waals surface area contributed by atoms with Crippen LogP contribution in [-0.4, -0.2) is 14.9 Å². The van der Waals surface area contributed by atoms with Gasteiger partial charge in [0.2, 0.25) is 0 Å². The number of aromatic nitrogens is 2. The van der Waals surface area contributed by atoms with Gasteiger partial charge in [0.1, 0.15) is 17.2 Å². The molecule has 1 aromatic carbocycles. The number of pyridine rings is 1. The van der Waals surface area contributed by atoms with Gasteiger partial charge in [0.25, 0.3) is 0 Å². The first kappa shape index (κ1) is 20.2. The summed E-state index contributed by atoms with van der Waals surface area (Å²) in [6.07, 6.45) is -1.54. The minimum Gasteiger partial charge on any atom is -0.364 e. The third kappa shape index (κ3) is 4.49. The summed E-state index contributed by atoms with van der Waals surface area (Å²) in [5.74, 6) is 0.782. The van der Waals surface area contributed by atoms with Crippen molar-refractivity contribution in [3.05, 3.63) is 54.2 Å². The maximum Gasteiger partial charge on any atom is 0.416 e. The molecule has 3 aromatic rings. The maximum atomic E-state index is 12.9. The van der Waals surface area contributed by atoms with Gasteiger partial charge in [0, 0.05) is 17.3 Å². The second-order valence-electron chi connectivity index (χ2n) is 9.06. The molecule has 0 unspecified atom stereocenters. The Bertz CT molecular complexity index is 961. The molecule has 0 spiro atoms. The van der Waals surface area contributed by atoms with Gasteiger partial charge in [0.15, 0.2) is 0 Å². The fourth-order valence-corrected chi connectivity index (χ4v) is 3.82. The van der Waals surface area contributed by atoms with Crippen LogP contribution in [0.3, 0.4) is 0 Å². The molecule has 2 heterocycles. The molecule has 0 radical (unpaired) electrons. The molecule has 0 aliphatic rings. The van der Waals surface area contributed by atoms with Gasteiger partial charge in [-0.25, -0.2) is 4.98 Å². The van der Waals surface area contributed by atoms with Crippen molar-refractivity contribution < 1.29 is 13.2 Å². The topological polar surface area (TPSA) is 29.3 Å². The third-order valence-corrected chi connectivity index (χ3v) is 4.44. The van der Waals surface area contributed by atoms with Gasteiger partial charge in [-0.1, -0.05) is 39.0 Å². The summed E-state index contributed by atoms with van der Waals surface area (Å²) in [4.78, 5) is 4.67. The molecule has 0 fully saturated rings. The van der Waals surface area contributed by atoms with Crippen LogP contribution >= 0.6 is 0 Å². The highest BCUT2D eigenvalue weighted by atomic mass is 19.4. The minimum atomic E-state index is -4.35. The largest absolute Gasteiger partial charge is 0.416 e. The number of fused-ring (bicyclic) bond motifs is 1. The zero-order valence-corrected chi connectivity index (χ0v) is 16.9. The van der Waals surface area contributed by atoms with Gasteiger partial charge in [-0.3, -0.25) is 4.40 Å². The van der Waals surface area contributed by atoms with Crippen LogP contribution in [-0.2, 0) is 6.18 Å². The van der Waals surface area contributed by atoms with Crippen molar-refractivity contribution in [2.24, 2.45) is 5.41 Å². The summed E-state index contributed by atoms with van der Waals surface area (Å²) >= 11 is 0. The van der Waals surface area contributed by atoms with E-state index in [0.717, 1.165) is 30.0 Å².